The fourth-order valence-electron chi connectivity index (χ4n) is 2.75. The third-order valence-electron chi connectivity index (χ3n) is 4.37. The van der Waals surface area contributed by atoms with E-state index in [0.717, 1.165) is 22.0 Å². The summed E-state index contributed by atoms with van der Waals surface area (Å²) >= 11 is 6.84. The van der Waals surface area contributed by atoms with Gasteiger partial charge in [-0.1, -0.05) is 44.2 Å². The van der Waals surface area contributed by atoms with Gasteiger partial charge in [-0.15, -0.1) is 11.8 Å². The van der Waals surface area contributed by atoms with Crippen molar-refractivity contribution in [1.29, 1.82) is 0 Å². The highest BCUT2D eigenvalue weighted by atomic mass is 32.2. The highest BCUT2D eigenvalue weighted by molar-refractivity contribution is 8.00. The molecule has 4 nitrogen and oxygen atoms in total. The van der Waals surface area contributed by atoms with Crippen molar-refractivity contribution < 1.29 is 4.79 Å². The van der Waals surface area contributed by atoms with E-state index in [2.05, 4.69) is 41.9 Å². The number of anilines is 3. The third kappa shape index (κ3) is 6.90. The van der Waals surface area contributed by atoms with E-state index in [-0.39, 0.29) is 5.91 Å². The Kier molecular flexibility index (Phi) is 7.88. The van der Waals surface area contributed by atoms with Crippen LogP contribution < -0.4 is 16.0 Å². The predicted octanol–water partition coefficient (Wildman–Crippen LogP) is 6.35. The van der Waals surface area contributed by atoms with E-state index >= 15 is 0 Å². The lowest BCUT2D eigenvalue weighted by Gasteiger charge is -2.11. The number of hydrogen-bond acceptors (Lipinski definition) is 3. The van der Waals surface area contributed by atoms with Gasteiger partial charge < -0.3 is 16.0 Å². The summed E-state index contributed by atoms with van der Waals surface area (Å²) in [6.07, 6.45) is 0. The summed E-state index contributed by atoms with van der Waals surface area (Å²) < 4.78 is 0. The van der Waals surface area contributed by atoms with Crippen LogP contribution in [0.15, 0.2) is 83.8 Å². The molecule has 3 aromatic rings. The second kappa shape index (κ2) is 10.8. The molecular weight excluding hydrogens is 410 g/mol. The zero-order chi connectivity index (χ0) is 21.3. The summed E-state index contributed by atoms with van der Waals surface area (Å²) in [7, 11) is 0. The Balaban J connectivity index is 1.44. The van der Waals surface area contributed by atoms with Crippen LogP contribution in [0.5, 0.6) is 0 Å². The molecule has 0 bridgehead atoms. The fraction of sp³-hybridized carbons (Fsp3) is 0.167. The molecule has 0 heterocycles. The van der Waals surface area contributed by atoms with Crippen molar-refractivity contribution in [3.8, 4) is 0 Å². The van der Waals surface area contributed by atoms with Gasteiger partial charge >= 0.3 is 0 Å². The number of carbonyl (C=O) groups excluding carboxylic acids is 1. The van der Waals surface area contributed by atoms with Gasteiger partial charge in [-0.05, 0) is 72.2 Å². The van der Waals surface area contributed by atoms with Crippen molar-refractivity contribution >= 4 is 52.1 Å². The molecule has 1 amide bonds. The first-order valence-electron chi connectivity index (χ1n) is 9.75. The molecule has 0 aromatic heterocycles. The smallest absolute Gasteiger partial charge is 0.234 e. The lowest BCUT2D eigenvalue weighted by Crippen LogP contribution is -2.18. The maximum atomic E-state index is 12.2. The largest absolute Gasteiger partial charge is 0.332 e. The Morgan fingerprint density at radius 2 is 1.33 bits per heavy atom. The molecule has 6 heteroatoms. The van der Waals surface area contributed by atoms with Crippen LogP contribution in [0.25, 0.3) is 0 Å². The number of thioether (sulfide) groups is 1. The molecule has 3 N–H and O–H groups in total. The number of benzene rings is 3. The van der Waals surface area contributed by atoms with Crippen molar-refractivity contribution in [2.24, 2.45) is 0 Å². The summed E-state index contributed by atoms with van der Waals surface area (Å²) in [6, 6.07) is 25.6. The first-order valence-corrected chi connectivity index (χ1v) is 11.1. The minimum Gasteiger partial charge on any atom is -0.332 e. The summed E-state index contributed by atoms with van der Waals surface area (Å²) in [5, 5.41) is 9.77. The fourth-order valence-corrected chi connectivity index (χ4v) is 3.68. The minimum atomic E-state index is -0.0206. The van der Waals surface area contributed by atoms with E-state index in [1.165, 1.54) is 17.3 Å². The lowest BCUT2D eigenvalue weighted by atomic mass is 10.0. The molecule has 0 spiro atoms. The van der Waals surface area contributed by atoms with E-state index in [0.29, 0.717) is 16.8 Å². The quantitative estimate of drug-likeness (QED) is 0.298. The molecule has 0 atom stereocenters. The van der Waals surface area contributed by atoms with Gasteiger partial charge in [0, 0.05) is 22.0 Å². The molecule has 0 saturated heterocycles. The van der Waals surface area contributed by atoms with Gasteiger partial charge in [-0.2, -0.15) is 0 Å². The Bertz CT molecular complexity index is 972. The minimum absolute atomic E-state index is 0.0206. The van der Waals surface area contributed by atoms with E-state index in [1.807, 2.05) is 66.7 Å². The van der Waals surface area contributed by atoms with Crippen molar-refractivity contribution in [1.82, 2.24) is 0 Å². The van der Waals surface area contributed by atoms with Gasteiger partial charge in [-0.3, -0.25) is 4.79 Å². The van der Waals surface area contributed by atoms with Gasteiger partial charge in [0.05, 0.1) is 5.75 Å². The Morgan fingerprint density at radius 3 is 1.93 bits per heavy atom. The molecule has 0 fully saturated rings. The number of nitrogens with one attached hydrogen (secondary N) is 3. The van der Waals surface area contributed by atoms with Crippen molar-refractivity contribution in [3.63, 3.8) is 0 Å². The van der Waals surface area contributed by atoms with Crippen molar-refractivity contribution in [3.05, 3.63) is 84.4 Å². The predicted molar refractivity (Wildman–Crippen MR) is 133 cm³/mol. The van der Waals surface area contributed by atoms with Gasteiger partial charge in [-0.25, -0.2) is 0 Å². The van der Waals surface area contributed by atoms with Gasteiger partial charge in [0.15, 0.2) is 5.11 Å². The van der Waals surface area contributed by atoms with Gasteiger partial charge in [0.25, 0.3) is 0 Å². The molecule has 154 valence electrons. The van der Waals surface area contributed by atoms with Crippen molar-refractivity contribution in [2.75, 3.05) is 21.7 Å². The van der Waals surface area contributed by atoms with Crippen LogP contribution >= 0.6 is 24.0 Å². The molecule has 0 saturated carbocycles. The molecule has 0 aliphatic rings. The SMILES string of the molecule is CC(C)c1ccc(NC(=O)CSc2ccc(NC(=S)Nc3ccccc3)cc2)cc1. The monoisotopic (exact) mass is 435 g/mol. The first kappa shape index (κ1) is 21.9. The highest BCUT2D eigenvalue weighted by Gasteiger charge is 2.06. The first-order chi connectivity index (χ1) is 14.5. The zero-order valence-corrected chi connectivity index (χ0v) is 18.6. The second-order valence-electron chi connectivity index (χ2n) is 7.08. The summed E-state index contributed by atoms with van der Waals surface area (Å²) in [5.41, 5.74) is 3.91. The average Bonchev–Trinajstić information content (AvgIpc) is 2.74. The molecule has 0 unspecified atom stereocenters. The average molecular weight is 436 g/mol. The van der Waals surface area contributed by atoms with Crippen LogP contribution in [0.2, 0.25) is 0 Å². The van der Waals surface area contributed by atoms with Crippen LogP contribution in [-0.4, -0.2) is 16.8 Å². The van der Waals surface area contributed by atoms with Crippen LogP contribution in [-0.2, 0) is 4.79 Å². The second-order valence-corrected chi connectivity index (χ2v) is 8.54. The van der Waals surface area contributed by atoms with Crippen LogP contribution in [0.1, 0.15) is 25.3 Å². The maximum absolute atomic E-state index is 12.2. The Hall–Kier alpha value is -2.83. The molecule has 30 heavy (non-hydrogen) atoms. The summed E-state index contributed by atoms with van der Waals surface area (Å²) in [4.78, 5) is 13.2. The number of thiocarbonyl (C=S) groups is 1. The zero-order valence-electron chi connectivity index (χ0n) is 17.0. The van der Waals surface area contributed by atoms with Crippen LogP contribution in [0.4, 0.5) is 17.1 Å². The molecule has 0 aliphatic carbocycles. The van der Waals surface area contributed by atoms with E-state index < -0.39 is 0 Å². The molecule has 3 rings (SSSR count). The standard InChI is InChI=1S/C24H25N3OS2/c1-17(2)18-8-10-20(11-9-18)25-23(28)16-30-22-14-12-21(13-15-22)27-24(29)26-19-6-4-3-5-7-19/h3-15,17H,16H2,1-2H3,(H,25,28)(H2,26,27,29). The Morgan fingerprint density at radius 1 is 0.800 bits per heavy atom. The van der Waals surface area contributed by atoms with E-state index in [1.54, 1.807) is 0 Å². The van der Waals surface area contributed by atoms with Gasteiger partial charge in [0.2, 0.25) is 5.91 Å². The number of rotatable bonds is 7. The van der Waals surface area contributed by atoms with Crippen LogP contribution in [0, 0.1) is 0 Å². The highest BCUT2D eigenvalue weighted by Crippen LogP contribution is 2.22. The van der Waals surface area contributed by atoms with Gasteiger partial charge in [0.1, 0.15) is 0 Å². The molecule has 0 radical (unpaired) electrons. The molecule has 3 aromatic carbocycles. The van der Waals surface area contributed by atoms with Crippen LogP contribution in [0.3, 0.4) is 0 Å². The normalized spacial score (nSPS) is 10.5. The number of carbonyl (C=O) groups is 1. The van der Waals surface area contributed by atoms with E-state index in [9.17, 15) is 4.79 Å². The Labute approximate surface area is 187 Å². The number of hydrogen-bond donors (Lipinski definition) is 3. The number of amides is 1. The topological polar surface area (TPSA) is 53.2 Å². The maximum Gasteiger partial charge on any atom is 0.234 e. The van der Waals surface area contributed by atoms with Crippen molar-refractivity contribution in [2.45, 2.75) is 24.7 Å². The van der Waals surface area contributed by atoms with E-state index in [4.69, 9.17) is 12.2 Å². The molecule has 0 aliphatic heterocycles. The third-order valence-corrected chi connectivity index (χ3v) is 5.59. The summed E-state index contributed by atoms with van der Waals surface area (Å²) in [6.45, 7) is 4.30. The lowest BCUT2D eigenvalue weighted by molar-refractivity contribution is -0.113. The molecular formula is C24H25N3OS2. The summed E-state index contributed by atoms with van der Waals surface area (Å²) in [5.74, 6) is 0.811. The number of para-hydroxylation sites is 1.